The van der Waals surface area contributed by atoms with Gasteiger partial charge >= 0.3 is 0 Å². The number of Topliss-reactive ketones (excluding diaryl/α,β-unsaturated/α-hetero) is 1. The zero-order valence-electron chi connectivity index (χ0n) is 13.9. The molecule has 1 amide bonds. The molecule has 0 saturated heterocycles. The van der Waals surface area contributed by atoms with Gasteiger partial charge in [-0.25, -0.2) is 0 Å². The summed E-state index contributed by atoms with van der Waals surface area (Å²) < 4.78 is 0. The normalized spacial score (nSPS) is 13.6. The van der Waals surface area contributed by atoms with Gasteiger partial charge in [0.1, 0.15) is 0 Å². The fraction of sp³-hybridized carbons (Fsp3) is 0.200. The third-order valence-electron chi connectivity index (χ3n) is 4.04. The molecule has 4 nitrogen and oxygen atoms in total. The predicted molar refractivity (Wildman–Crippen MR) is 95.6 cm³/mol. The van der Waals surface area contributed by atoms with Crippen LogP contribution in [0.4, 0.5) is 5.69 Å². The molecule has 1 aliphatic heterocycles. The number of rotatable bonds is 4. The highest BCUT2D eigenvalue weighted by molar-refractivity contribution is 6.56. The molecule has 0 saturated carbocycles. The molecule has 2 aromatic rings. The van der Waals surface area contributed by atoms with E-state index in [1.54, 1.807) is 16.0 Å². The Kier molecular flexibility index (Phi) is 4.47. The van der Waals surface area contributed by atoms with Gasteiger partial charge in [0.15, 0.2) is 0 Å². The van der Waals surface area contributed by atoms with Crippen LogP contribution in [0.2, 0.25) is 0 Å². The smallest absolute Gasteiger partial charge is 0.299 e. The van der Waals surface area contributed by atoms with Gasteiger partial charge in [0.25, 0.3) is 11.7 Å². The molecule has 24 heavy (non-hydrogen) atoms. The van der Waals surface area contributed by atoms with Crippen LogP contribution in [0.15, 0.2) is 60.8 Å². The summed E-state index contributed by atoms with van der Waals surface area (Å²) in [6, 6.07) is 17.0. The largest absolute Gasteiger partial charge is 0.383 e. The summed E-state index contributed by atoms with van der Waals surface area (Å²) in [6.45, 7) is 0.550. The summed E-state index contributed by atoms with van der Waals surface area (Å²) in [5.74, 6) is -0.955. The van der Waals surface area contributed by atoms with Crippen molar-refractivity contribution in [2.45, 2.75) is 6.42 Å². The van der Waals surface area contributed by atoms with E-state index in [2.05, 4.69) is 0 Å². The van der Waals surface area contributed by atoms with Crippen molar-refractivity contribution >= 4 is 23.0 Å². The summed E-state index contributed by atoms with van der Waals surface area (Å²) in [5.41, 5.74) is 3.11. The van der Waals surface area contributed by atoms with Gasteiger partial charge in [-0.05, 0) is 23.6 Å². The lowest BCUT2D eigenvalue weighted by Gasteiger charge is -2.18. The predicted octanol–water partition coefficient (Wildman–Crippen LogP) is 2.75. The molecule has 0 spiro atoms. The van der Waals surface area contributed by atoms with Crippen LogP contribution < -0.4 is 4.90 Å². The lowest BCUT2D eigenvalue weighted by molar-refractivity contribution is -0.132. The highest BCUT2D eigenvalue weighted by Crippen LogP contribution is 2.28. The fourth-order valence-corrected chi connectivity index (χ4v) is 2.93. The van der Waals surface area contributed by atoms with Gasteiger partial charge < -0.3 is 9.80 Å². The van der Waals surface area contributed by atoms with Crippen molar-refractivity contribution in [1.82, 2.24) is 4.90 Å². The van der Waals surface area contributed by atoms with Crippen LogP contribution in [-0.2, 0) is 16.0 Å². The maximum Gasteiger partial charge on any atom is 0.299 e. The minimum atomic E-state index is -0.480. The molecule has 4 heteroatoms. The van der Waals surface area contributed by atoms with Crippen molar-refractivity contribution < 1.29 is 9.59 Å². The number of nitrogens with zero attached hydrogens (tertiary/aromatic N) is 2. The first-order valence-corrected chi connectivity index (χ1v) is 7.95. The van der Waals surface area contributed by atoms with Gasteiger partial charge in [-0.1, -0.05) is 48.5 Å². The first kappa shape index (κ1) is 16.0. The van der Waals surface area contributed by atoms with Crippen LogP contribution in [0.3, 0.4) is 0 Å². The summed E-state index contributed by atoms with van der Waals surface area (Å²) in [5, 5.41) is 0. The summed E-state index contributed by atoms with van der Waals surface area (Å²) >= 11 is 0. The van der Waals surface area contributed by atoms with Crippen LogP contribution in [0.5, 0.6) is 0 Å². The SMILES string of the molecule is CN(C)/C=C(/C(=O)C(=O)N1CCc2ccccc21)c1ccccc1. The zero-order valence-corrected chi connectivity index (χ0v) is 13.9. The van der Waals surface area contributed by atoms with Gasteiger partial charge in [-0.2, -0.15) is 0 Å². The molecule has 122 valence electrons. The maximum atomic E-state index is 12.9. The Bertz CT molecular complexity index is 794. The molecule has 2 aromatic carbocycles. The Morgan fingerprint density at radius 2 is 1.67 bits per heavy atom. The molecule has 0 unspecified atom stereocenters. The van der Waals surface area contributed by atoms with E-state index in [0.29, 0.717) is 12.1 Å². The average Bonchev–Trinajstić information content (AvgIpc) is 3.03. The van der Waals surface area contributed by atoms with E-state index in [4.69, 9.17) is 0 Å². The van der Waals surface area contributed by atoms with Crippen molar-refractivity contribution in [2.24, 2.45) is 0 Å². The van der Waals surface area contributed by atoms with E-state index < -0.39 is 11.7 Å². The molecular weight excluding hydrogens is 300 g/mol. The standard InChI is InChI=1S/C20H20N2O2/c1-21(2)14-17(15-8-4-3-5-9-15)19(23)20(24)22-13-12-16-10-6-7-11-18(16)22/h3-11,14H,12-13H2,1-2H3/b17-14+. The van der Waals surface area contributed by atoms with Crippen LogP contribution in [0, 0.1) is 0 Å². The molecule has 0 radical (unpaired) electrons. The third-order valence-corrected chi connectivity index (χ3v) is 4.04. The van der Waals surface area contributed by atoms with E-state index in [1.807, 2.05) is 68.7 Å². The van der Waals surface area contributed by atoms with Crippen molar-refractivity contribution in [3.63, 3.8) is 0 Å². The first-order chi connectivity index (χ1) is 11.6. The zero-order chi connectivity index (χ0) is 17.1. The second-order valence-corrected chi connectivity index (χ2v) is 6.04. The van der Waals surface area contributed by atoms with Crippen LogP contribution >= 0.6 is 0 Å². The van der Waals surface area contributed by atoms with E-state index in [0.717, 1.165) is 23.2 Å². The van der Waals surface area contributed by atoms with Gasteiger partial charge in [0.05, 0.1) is 5.57 Å². The fourth-order valence-electron chi connectivity index (χ4n) is 2.93. The Morgan fingerprint density at radius 3 is 2.38 bits per heavy atom. The topological polar surface area (TPSA) is 40.6 Å². The van der Waals surface area contributed by atoms with Crippen molar-refractivity contribution in [2.75, 3.05) is 25.5 Å². The number of anilines is 1. The Morgan fingerprint density at radius 1 is 1.00 bits per heavy atom. The summed E-state index contributed by atoms with van der Waals surface area (Å²) in [4.78, 5) is 29.1. The number of fused-ring (bicyclic) bond motifs is 1. The third kappa shape index (κ3) is 3.08. The number of hydrogen-bond acceptors (Lipinski definition) is 3. The molecule has 0 bridgehead atoms. The summed E-state index contributed by atoms with van der Waals surface area (Å²) in [7, 11) is 3.68. The lowest BCUT2D eigenvalue weighted by Crippen LogP contribution is -2.36. The summed E-state index contributed by atoms with van der Waals surface area (Å²) in [6.07, 6.45) is 2.49. The minimum Gasteiger partial charge on any atom is -0.383 e. The molecule has 3 rings (SSSR count). The molecule has 0 aromatic heterocycles. The van der Waals surface area contributed by atoms with Crippen LogP contribution in [0.25, 0.3) is 5.57 Å². The highest BCUT2D eigenvalue weighted by Gasteiger charge is 2.31. The highest BCUT2D eigenvalue weighted by atomic mass is 16.2. The van der Waals surface area contributed by atoms with Gasteiger partial charge in [0, 0.05) is 32.5 Å². The van der Waals surface area contributed by atoms with Crippen molar-refractivity contribution in [3.05, 3.63) is 71.9 Å². The number of amides is 1. The molecule has 1 heterocycles. The number of ketones is 1. The monoisotopic (exact) mass is 320 g/mol. The molecule has 0 aliphatic carbocycles. The maximum absolute atomic E-state index is 12.9. The van der Waals surface area contributed by atoms with Crippen LogP contribution in [0.1, 0.15) is 11.1 Å². The van der Waals surface area contributed by atoms with Crippen molar-refractivity contribution in [1.29, 1.82) is 0 Å². The number of carbonyl (C=O) groups is 2. The molecule has 0 N–H and O–H groups in total. The van der Waals surface area contributed by atoms with Gasteiger partial charge in [0.2, 0.25) is 0 Å². The second-order valence-electron chi connectivity index (χ2n) is 6.04. The van der Waals surface area contributed by atoms with E-state index in [1.165, 1.54) is 0 Å². The van der Waals surface area contributed by atoms with E-state index in [9.17, 15) is 9.59 Å². The van der Waals surface area contributed by atoms with E-state index >= 15 is 0 Å². The van der Waals surface area contributed by atoms with Gasteiger partial charge in [-0.15, -0.1) is 0 Å². The lowest BCUT2D eigenvalue weighted by atomic mass is 10.0. The molecule has 0 atom stereocenters. The number of carbonyl (C=O) groups excluding carboxylic acids is 2. The van der Waals surface area contributed by atoms with Crippen LogP contribution in [-0.4, -0.2) is 37.2 Å². The second kappa shape index (κ2) is 6.71. The Labute approximate surface area is 142 Å². The number of hydrogen-bond donors (Lipinski definition) is 0. The quantitative estimate of drug-likeness (QED) is 0.642. The molecule has 0 fully saturated rings. The minimum absolute atomic E-state index is 0.412. The first-order valence-electron chi connectivity index (χ1n) is 7.95. The molecular formula is C20H20N2O2. The van der Waals surface area contributed by atoms with Crippen molar-refractivity contribution in [3.8, 4) is 0 Å². The average molecular weight is 320 g/mol. The molecule has 1 aliphatic rings. The van der Waals surface area contributed by atoms with Gasteiger partial charge in [-0.3, -0.25) is 9.59 Å². The van der Waals surface area contributed by atoms with E-state index in [-0.39, 0.29) is 0 Å². The number of benzene rings is 2. The Hall–Kier alpha value is -2.88. The number of para-hydroxylation sites is 1. The Balaban J connectivity index is 1.93.